The molecule has 0 amide bonds. The number of terminal acetylenes is 1. The number of fused-ring (bicyclic) bond motifs is 5. The zero-order valence-electron chi connectivity index (χ0n) is 16.5. The van der Waals surface area contributed by atoms with Gasteiger partial charge in [-0.25, -0.2) is 0 Å². The minimum absolute atomic E-state index is 0.131. The first-order chi connectivity index (χ1) is 13.0. The number of allylic oxidation sites excluding steroid dienone is 2. The molecule has 146 valence electrons. The van der Waals surface area contributed by atoms with E-state index in [9.17, 15) is 5.11 Å². The fraction of sp³-hybridized carbons (Fsp3) is 0.750. The van der Waals surface area contributed by atoms with Gasteiger partial charge in [0.25, 0.3) is 0 Å². The zero-order valence-corrected chi connectivity index (χ0v) is 18.1. The number of thioether (sulfide) groups is 2. The molecule has 0 radical (unpaired) electrons. The molecular weight excluding hydrogens is 368 g/mol. The molecule has 1 spiro atoms. The molecule has 1 N–H and O–H groups in total. The fourth-order valence-electron chi connectivity index (χ4n) is 7.74. The van der Waals surface area contributed by atoms with Crippen LogP contribution < -0.4 is 0 Å². The Morgan fingerprint density at radius 2 is 2.04 bits per heavy atom. The Labute approximate surface area is 173 Å². The molecule has 1 saturated heterocycles. The van der Waals surface area contributed by atoms with E-state index in [2.05, 4.69) is 49.0 Å². The number of hydrogen-bond donors (Lipinski definition) is 1. The van der Waals surface area contributed by atoms with Crippen molar-refractivity contribution in [2.45, 2.75) is 68.0 Å². The average Bonchev–Trinajstić information content (AvgIpc) is 3.25. The lowest BCUT2D eigenvalue weighted by Gasteiger charge is -2.57. The third-order valence-corrected chi connectivity index (χ3v) is 12.3. The van der Waals surface area contributed by atoms with E-state index in [0.717, 1.165) is 25.7 Å². The van der Waals surface area contributed by atoms with Crippen LogP contribution in [-0.4, -0.2) is 26.3 Å². The molecule has 0 aromatic carbocycles. The van der Waals surface area contributed by atoms with Crippen molar-refractivity contribution in [3.63, 3.8) is 0 Å². The predicted molar refractivity (Wildman–Crippen MR) is 118 cm³/mol. The molecule has 0 aromatic rings. The summed E-state index contributed by atoms with van der Waals surface area (Å²) < 4.78 is 0.388. The highest BCUT2D eigenvalue weighted by molar-refractivity contribution is 8.21. The van der Waals surface area contributed by atoms with Gasteiger partial charge in [0.05, 0.1) is 4.08 Å². The summed E-state index contributed by atoms with van der Waals surface area (Å²) >= 11 is 4.36. The highest BCUT2D eigenvalue weighted by Gasteiger charge is 2.64. The van der Waals surface area contributed by atoms with E-state index >= 15 is 0 Å². The molecule has 4 unspecified atom stereocenters. The van der Waals surface area contributed by atoms with Gasteiger partial charge in [0, 0.05) is 16.9 Å². The second kappa shape index (κ2) is 6.35. The molecule has 5 aliphatic rings. The predicted octanol–water partition coefficient (Wildman–Crippen LogP) is 5.66. The number of aliphatic hydroxyl groups is 1. The first kappa shape index (κ1) is 18.7. The molecule has 3 saturated carbocycles. The van der Waals surface area contributed by atoms with Crippen LogP contribution in [0.5, 0.6) is 0 Å². The summed E-state index contributed by atoms with van der Waals surface area (Å²) in [7, 11) is 0. The van der Waals surface area contributed by atoms with Crippen molar-refractivity contribution in [3.05, 3.63) is 23.8 Å². The highest BCUT2D eigenvalue weighted by Crippen LogP contribution is 2.68. The largest absolute Gasteiger partial charge is 0.377 e. The Hall–Kier alpha value is -0.300. The maximum atomic E-state index is 11.3. The third kappa shape index (κ3) is 2.45. The summed E-state index contributed by atoms with van der Waals surface area (Å²) in [5, 5.41) is 11.3. The molecule has 0 aromatic heterocycles. The first-order valence-corrected chi connectivity index (χ1v) is 12.8. The van der Waals surface area contributed by atoms with Crippen LogP contribution in [0.3, 0.4) is 0 Å². The molecule has 0 bridgehead atoms. The van der Waals surface area contributed by atoms with Crippen LogP contribution in [0.1, 0.15) is 58.3 Å². The Bertz CT molecular complexity index is 727. The summed E-state index contributed by atoms with van der Waals surface area (Å²) in [5.41, 5.74) is 2.07. The van der Waals surface area contributed by atoms with Gasteiger partial charge >= 0.3 is 0 Å². The lowest BCUT2D eigenvalue weighted by molar-refractivity contribution is -0.0789. The molecular formula is C24H32OS2. The third-order valence-electron chi connectivity index (χ3n) is 8.87. The minimum Gasteiger partial charge on any atom is -0.377 e. The Morgan fingerprint density at radius 3 is 2.74 bits per heavy atom. The van der Waals surface area contributed by atoms with Crippen LogP contribution in [-0.2, 0) is 0 Å². The normalized spacial score (nSPS) is 47.7. The van der Waals surface area contributed by atoms with E-state index < -0.39 is 5.60 Å². The second-order valence-corrected chi connectivity index (χ2v) is 12.7. The van der Waals surface area contributed by atoms with Gasteiger partial charge in [0.2, 0.25) is 0 Å². The Balaban J connectivity index is 1.49. The van der Waals surface area contributed by atoms with Gasteiger partial charge in [-0.15, -0.1) is 29.9 Å². The maximum Gasteiger partial charge on any atom is 0.131 e. The van der Waals surface area contributed by atoms with Crippen LogP contribution in [0.25, 0.3) is 0 Å². The van der Waals surface area contributed by atoms with Crippen LogP contribution in [0, 0.1) is 41.4 Å². The molecule has 4 fully saturated rings. The fourth-order valence-corrected chi connectivity index (χ4v) is 10.9. The standard InChI is InChI=1S/C24H32OS2/c1-4-22-14-16(3)21-18-8-11-24(26-12-13-27-24)15-17(18)6-7-19(21)20(22)9-10-23(22,25)5-2/h2,15,18-21,25H,3-4,6-14H2,1H3/t18?,19?,20?,21?,22-,23-/m0/s1. The van der Waals surface area contributed by atoms with E-state index in [1.807, 2.05) is 0 Å². The van der Waals surface area contributed by atoms with Gasteiger partial charge in [-0.2, -0.15) is 0 Å². The van der Waals surface area contributed by atoms with E-state index in [1.54, 1.807) is 5.57 Å². The van der Waals surface area contributed by atoms with Crippen molar-refractivity contribution in [1.82, 2.24) is 0 Å². The van der Waals surface area contributed by atoms with Crippen molar-refractivity contribution in [3.8, 4) is 12.3 Å². The first-order valence-electron chi connectivity index (χ1n) is 10.8. The Kier molecular flexibility index (Phi) is 4.40. The van der Waals surface area contributed by atoms with E-state index in [4.69, 9.17) is 6.42 Å². The van der Waals surface area contributed by atoms with Crippen molar-refractivity contribution in [1.29, 1.82) is 0 Å². The topological polar surface area (TPSA) is 20.2 Å². The highest BCUT2D eigenvalue weighted by atomic mass is 32.2. The number of rotatable bonds is 1. The molecule has 5 rings (SSSR count). The van der Waals surface area contributed by atoms with Crippen LogP contribution in [0.4, 0.5) is 0 Å². The van der Waals surface area contributed by atoms with Crippen LogP contribution in [0.2, 0.25) is 0 Å². The van der Waals surface area contributed by atoms with Crippen LogP contribution >= 0.6 is 23.5 Å². The molecule has 3 heteroatoms. The molecule has 1 heterocycles. The Morgan fingerprint density at radius 1 is 1.26 bits per heavy atom. The SMILES string of the molecule is C#C[C@]1(O)CCC2C3CCC4=CC5(CCC4C3C(=C)C[C@@]21CC)SCCS5. The van der Waals surface area contributed by atoms with E-state index in [0.29, 0.717) is 27.8 Å². The molecule has 4 aliphatic carbocycles. The minimum atomic E-state index is -0.926. The van der Waals surface area contributed by atoms with Crippen molar-refractivity contribution < 1.29 is 5.11 Å². The summed E-state index contributed by atoms with van der Waals surface area (Å²) in [6, 6.07) is 0. The van der Waals surface area contributed by atoms with Gasteiger partial charge < -0.3 is 5.11 Å². The summed E-state index contributed by atoms with van der Waals surface area (Å²) in [4.78, 5) is 0. The van der Waals surface area contributed by atoms with Crippen molar-refractivity contribution in [2.24, 2.45) is 29.1 Å². The number of hydrogen-bond acceptors (Lipinski definition) is 3. The summed E-state index contributed by atoms with van der Waals surface area (Å²) in [6.45, 7) is 6.85. The second-order valence-electron chi connectivity index (χ2n) is 9.60. The van der Waals surface area contributed by atoms with E-state index in [1.165, 1.54) is 42.8 Å². The average molecular weight is 401 g/mol. The van der Waals surface area contributed by atoms with Crippen LogP contribution in [0.15, 0.2) is 23.8 Å². The van der Waals surface area contributed by atoms with Gasteiger partial charge in [-0.3, -0.25) is 0 Å². The zero-order chi connectivity index (χ0) is 18.9. The molecule has 1 aliphatic heterocycles. The summed E-state index contributed by atoms with van der Waals surface area (Å²) in [5.74, 6) is 8.04. The summed E-state index contributed by atoms with van der Waals surface area (Å²) in [6.07, 6.45) is 17.5. The van der Waals surface area contributed by atoms with Gasteiger partial charge in [0.1, 0.15) is 5.60 Å². The van der Waals surface area contributed by atoms with Crippen molar-refractivity contribution in [2.75, 3.05) is 11.5 Å². The van der Waals surface area contributed by atoms with Gasteiger partial charge in [-0.05, 0) is 75.0 Å². The lowest BCUT2D eigenvalue weighted by atomic mass is 9.48. The van der Waals surface area contributed by atoms with Gasteiger partial charge in [0.15, 0.2) is 0 Å². The molecule has 27 heavy (non-hydrogen) atoms. The monoisotopic (exact) mass is 400 g/mol. The quantitative estimate of drug-likeness (QED) is 0.453. The molecule has 6 atom stereocenters. The smallest absolute Gasteiger partial charge is 0.131 e. The molecule has 1 nitrogen and oxygen atoms in total. The van der Waals surface area contributed by atoms with Crippen molar-refractivity contribution >= 4 is 23.5 Å². The lowest BCUT2D eigenvalue weighted by Crippen LogP contribution is -2.54. The van der Waals surface area contributed by atoms with E-state index in [-0.39, 0.29) is 5.41 Å². The maximum absolute atomic E-state index is 11.3. The van der Waals surface area contributed by atoms with Gasteiger partial charge in [-0.1, -0.05) is 36.6 Å².